The number of para-hydroxylation sites is 3. The van der Waals surface area contributed by atoms with Crippen molar-refractivity contribution >= 4 is 132 Å². The SMILES string of the molecule is CCOC(=O)c1cnc(NC(=O)c2cccc3nc([C@@H](N)CC)n(-c4ccccc4)c(=O)c23)nc1.CCOC(=O)c1cnc(NC(=O)c2cccc3nc([C@H](CC)NC(=O)OC(C)(C)C)n(-c4ccccc4)c(=O)c23)nc1.CCOC(=O)c1cnc(NC(=O)c2cccc3nc([C@H](CC)Nc4ncnc5c4ncn5C4CCCCO4)n(-c4ccccc4)c(=O)c23)nc1.Clc1ncnc2c1ncn2C1CCCCO1. The minimum atomic E-state index is -0.719. The number of alkyl carbamates (subject to hydrolysis) is 1. The van der Waals surface area contributed by atoms with Crippen LogP contribution in [0.5, 0.6) is 0 Å². The highest BCUT2D eigenvalue weighted by molar-refractivity contribution is 6.33. The summed E-state index contributed by atoms with van der Waals surface area (Å²) >= 11 is 5.94. The number of fused-ring (bicyclic) bond motifs is 5. The molecule has 6 aromatic carbocycles. The van der Waals surface area contributed by atoms with Crippen LogP contribution in [0.2, 0.25) is 5.15 Å². The van der Waals surface area contributed by atoms with Gasteiger partial charge in [0.2, 0.25) is 17.8 Å². The lowest BCUT2D eigenvalue weighted by Gasteiger charge is -2.25. The number of benzene rings is 6. The van der Waals surface area contributed by atoms with Gasteiger partial charge in [-0.2, -0.15) is 0 Å². The highest BCUT2D eigenvalue weighted by Crippen LogP contribution is 2.34. The van der Waals surface area contributed by atoms with Gasteiger partial charge in [0.1, 0.15) is 53.7 Å². The van der Waals surface area contributed by atoms with Crippen molar-refractivity contribution in [2.75, 3.05) is 54.3 Å². The number of ether oxygens (including phenoxy) is 6. The quantitative estimate of drug-likeness (QED) is 0.0167. The molecular weight excluding hydrogens is 1860 g/mol. The average Bonchev–Trinajstić information content (AvgIpc) is 1.27. The number of hydrogen-bond donors (Lipinski definition) is 6. The first kappa shape index (κ1) is 101. The lowest BCUT2D eigenvalue weighted by Crippen LogP contribution is -2.38. The average molecular weight is 1960 g/mol. The van der Waals surface area contributed by atoms with Gasteiger partial charge in [-0.1, -0.05) is 105 Å². The van der Waals surface area contributed by atoms with Crippen LogP contribution in [0.25, 0.3) is 72.1 Å². The van der Waals surface area contributed by atoms with Gasteiger partial charge in [0.05, 0.1) is 134 Å². The number of amides is 4. The van der Waals surface area contributed by atoms with Crippen LogP contribution >= 0.6 is 11.6 Å². The summed E-state index contributed by atoms with van der Waals surface area (Å²) in [6.07, 6.45) is 20.9. The highest BCUT2D eigenvalue weighted by atomic mass is 35.5. The standard InChI is InChI=1S/C35H34N10O5.C30H32N6O6.C25H24N6O4.C10H11ClN4O/c1-3-24(41-29-28-31(39-19-38-29)44(20-40-28)26-15-8-9-16-50-26)30-42-25-14-10-13-23(27(25)33(47)45(30)22-11-6-5-7-12-22)32(46)43-35-36-17-21(18-37-35)34(48)49-4-2;1-6-21(34-29(40)42-30(3,4)5)24-33-22-15-11-14-20(23(22)26(38)36(24)19-12-9-8-10-13-19)25(37)35-28-31-16-18(17-32-28)27(39)41-7-2;1-3-18(26)21-29-19-12-8-11-17(20(19)23(33)31(21)16-9-6-5-7-10-16)22(32)30-25-27-13-15(14-28-25)24(34)35-4-2;11-9-8-10(13-5-12-9)15(6-14-8)7-3-1-2-4-16-7/h5-7,10-14,17-20,24,26H,3-4,8-9,15-16H2,1-2H3,(H,38,39,41)(H,36,37,43,46);8-17,21H,6-7H2,1-5H3,(H,34,40)(H,31,32,35,37);5-14,18H,3-4,26H2,1-2H3,(H,27,28,30,32);5-7H,1-4H2/t24-,26?;21-;18-;/m000./s1. The van der Waals surface area contributed by atoms with Gasteiger partial charge in [-0.3, -0.25) is 67.6 Å². The molecule has 2 fully saturated rings. The molecule has 2 aliphatic heterocycles. The smallest absolute Gasteiger partial charge is 0.408 e. The van der Waals surface area contributed by atoms with E-state index in [1.54, 1.807) is 133 Å². The van der Waals surface area contributed by atoms with Gasteiger partial charge in [0.25, 0.3) is 34.4 Å². The van der Waals surface area contributed by atoms with Crippen LogP contribution in [0.15, 0.2) is 222 Å². The summed E-state index contributed by atoms with van der Waals surface area (Å²) in [7, 11) is 0. The molecule has 734 valence electrons. The number of nitrogens with one attached hydrogen (secondary N) is 5. The Morgan fingerprint density at radius 1 is 0.434 bits per heavy atom. The maximum atomic E-state index is 14.5. The van der Waals surface area contributed by atoms with E-state index in [1.165, 1.54) is 82.1 Å². The minimum Gasteiger partial charge on any atom is -0.462 e. The molecule has 12 heterocycles. The molecule has 2 unspecified atom stereocenters. The van der Waals surface area contributed by atoms with Crippen molar-refractivity contribution in [1.82, 2.24) is 103 Å². The van der Waals surface area contributed by atoms with Crippen LogP contribution in [0.1, 0.15) is 230 Å². The zero-order chi connectivity index (χ0) is 101. The predicted octanol–water partition coefficient (Wildman–Crippen LogP) is 14.8. The fourth-order valence-electron chi connectivity index (χ4n) is 15.7. The predicted molar refractivity (Wildman–Crippen MR) is 529 cm³/mol. The van der Waals surface area contributed by atoms with Crippen LogP contribution in [0, 0.1) is 0 Å². The van der Waals surface area contributed by atoms with Gasteiger partial charge in [-0.25, -0.2) is 93.9 Å². The van der Waals surface area contributed by atoms with Crippen molar-refractivity contribution in [3.05, 3.63) is 295 Å². The van der Waals surface area contributed by atoms with Gasteiger partial charge >= 0.3 is 24.0 Å². The maximum absolute atomic E-state index is 14.5. The Morgan fingerprint density at radius 3 is 1.16 bits per heavy atom. The number of nitrogens with zero attached hydrogens (tertiary/aromatic N) is 20. The monoisotopic (exact) mass is 1960 g/mol. The molecule has 43 heteroatoms. The van der Waals surface area contributed by atoms with E-state index in [4.69, 9.17) is 55.7 Å². The lowest BCUT2D eigenvalue weighted by atomic mass is 10.1. The van der Waals surface area contributed by atoms with E-state index in [2.05, 4.69) is 91.4 Å². The number of imidazole rings is 2. The number of halogens is 1. The number of esters is 3. The van der Waals surface area contributed by atoms with E-state index in [9.17, 15) is 47.9 Å². The third-order valence-electron chi connectivity index (χ3n) is 22.5. The number of carbonyl (C=O) groups excluding carboxylic acids is 7. The van der Waals surface area contributed by atoms with Gasteiger partial charge in [0, 0.05) is 50.4 Å². The molecule has 2 aliphatic rings. The minimum absolute atomic E-state index is 0.0268. The molecule has 42 nitrogen and oxygen atoms in total. The fourth-order valence-corrected chi connectivity index (χ4v) is 15.9. The summed E-state index contributed by atoms with van der Waals surface area (Å²) in [4.78, 5) is 196. The van der Waals surface area contributed by atoms with E-state index in [0.717, 1.165) is 44.4 Å². The molecule has 143 heavy (non-hydrogen) atoms. The van der Waals surface area contributed by atoms with Crippen LogP contribution in [0.4, 0.5) is 28.5 Å². The highest BCUT2D eigenvalue weighted by Gasteiger charge is 2.32. The van der Waals surface area contributed by atoms with E-state index >= 15 is 0 Å². The first-order chi connectivity index (χ1) is 69.3. The van der Waals surface area contributed by atoms with Gasteiger partial charge in [-0.15, -0.1) is 0 Å². The number of carbonyl (C=O) groups is 7. The normalized spacial score (nSPS) is 14.1. The molecule has 5 atom stereocenters. The third kappa shape index (κ3) is 23.3. The molecule has 4 amide bonds. The van der Waals surface area contributed by atoms with Gasteiger partial charge in [-0.05, 0) is 172 Å². The Balaban J connectivity index is 0.000000151. The number of aromatic nitrogens is 20. The molecule has 0 spiro atoms. The van der Waals surface area contributed by atoms with E-state index in [0.29, 0.717) is 93.3 Å². The van der Waals surface area contributed by atoms with E-state index < -0.39 is 82.1 Å². The van der Waals surface area contributed by atoms with Crippen LogP contribution < -0.4 is 49.0 Å². The van der Waals surface area contributed by atoms with E-state index in [1.807, 2.05) is 84.5 Å². The van der Waals surface area contributed by atoms with E-state index in [-0.39, 0.29) is 111 Å². The summed E-state index contributed by atoms with van der Waals surface area (Å²) in [6.45, 7) is 18.2. The van der Waals surface area contributed by atoms with Crippen molar-refractivity contribution in [2.45, 2.75) is 156 Å². The number of hydrogen-bond acceptors (Lipinski definition) is 33. The third-order valence-corrected chi connectivity index (χ3v) is 22.8. The summed E-state index contributed by atoms with van der Waals surface area (Å²) < 4.78 is 40.1. The number of anilines is 4. The first-order valence-corrected chi connectivity index (χ1v) is 46.7. The zero-order valence-corrected chi connectivity index (χ0v) is 80.1. The lowest BCUT2D eigenvalue weighted by molar-refractivity contribution is -0.0299. The summed E-state index contributed by atoms with van der Waals surface area (Å²) in [5, 5.41) is 14.8. The Labute approximate surface area is 821 Å². The van der Waals surface area contributed by atoms with Crippen LogP contribution in [-0.4, -0.2) is 178 Å². The Bertz CT molecular complexity index is 7510. The second-order valence-electron chi connectivity index (χ2n) is 33.3. The zero-order valence-electron chi connectivity index (χ0n) is 79.3. The van der Waals surface area contributed by atoms with Crippen molar-refractivity contribution in [2.24, 2.45) is 5.73 Å². The van der Waals surface area contributed by atoms with Crippen LogP contribution in [0.3, 0.4) is 0 Å². The molecule has 0 aliphatic carbocycles. The molecule has 18 rings (SSSR count). The molecular formula is C100H101ClN26O16. The molecule has 10 aromatic heterocycles. The second kappa shape index (κ2) is 46.3. The summed E-state index contributed by atoms with van der Waals surface area (Å²) in [6, 6.07) is 39.8. The topological polar surface area (TPSA) is 530 Å². The summed E-state index contributed by atoms with van der Waals surface area (Å²) in [5.41, 5.74) is 10.1. The Morgan fingerprint density at radius 2 is 0.797 bits per heavy atom. The number of rotatable bonds is 26. The molecule has 0 radical (unpaired) electrons. The summed E-state index contributed by atoms with van der Waals surface area (Å²) in [5.74, 6) is -2.10. The van der Waals surface area contributed by atoms with Crippen LogP contribution in [-0.2, 0) is 28.4 Å². The number of nitrogens with two attached hydrogens (primary N) is 1. The van der Waals surface area contributed by atoms with Gasteiger partial charge in [0.15, 0.2) is 27.8 Å². The first-order valence-electron chi connectivity index (χ1n) is 46.3. The molecule has 16 aromatic rings. The van der Waals surface area contributed by atoms with Crippen molar-refractivity contribution in [1.29, 1.82) is 0 Å². The Hall–Kier alpha value is -16.9. The van der Waals surface area contributed by atoms with Gasteiger partial charge < -0.3 is 44.8 Å². The molecule has 0 bridgehead atoms. The largest absolute Gasteiger partial charge is 0.462 e. The van der Waals surface area contributed by atoms with Crippen molar-refractivity contribution in [3.8, 4) is 17.1 Å². The van der Waals surface area contributed by atoms with Crippen molar-refractivity contribution in [3.63, 3.8) is 0 Å². The molecule has 0 saturated carbocycles. The fraction of sp³-hybridized carbons (Fsp3) is 0.290. The molecule has 7 N–H and O–H groups in total. The second-order valence-corrected chi connectivity index (χ2v) is 33.6. The molecule has 2 saturated heterocycles. The van der Waals surface area contributed by atoms with Crippen molar-refractivity contribution < 1.29 is 62.0 Å². The maximum Gasteiger partial charge on any atom is 0.408 e. The Kier molecular flexibility index (Phi) is 32.5.